The van der Waals surface area contributed by atoms with Gasteiger partial charge in [0.15, 0.2) is 5.60 Å². The van der Waals surface area contributed by atoms with Crippen LogP contribution in [-0.4, -0.2) is 28.0 Å². The van der Waals surface area contributed by atoms with Gasteiger partial charge in [0.1, 0.15) is 5.75 Å². The van der Waals surface area contributed by atoms with Crippen molar-refractivity contribution in [3.8, 4) is 18.1 Å². The molecule has 1 aromatic rings. The van der Waals surface area contributed by atoms with Crippen LogP contribution in [0.4, 0.5) is 0 Å². The molecule has 28 heavy (non-hydrogen) atoms. The van der Waals surface area contributed by atoms with Gasteiger partial charge in [0, 0.05) is 5.41 Å². The molecule has 150 valence electrons. The number of hydrogen-bond donors (Lipinski definition) is 2. The molecule has 4 aliphatic rings. The molecule has 3 heteroatoms. The second-order valence-corrected chi connectivity index (χ2v) is 9.92. The summed E-state index contributed by atoms with van der Waals surface area (Å²) >= 11 is 0. The van der Waals surface area contributed by atoms with Crippen LogP contribution in [0, 0.1) is 29.6 Å². The average molecular weight is 381 g/mol. The highest BCUT2D eigenvalue weighted by atomic mass is 16.5. The Kier molecular flexibility index (Phi) is 4.30. The third kappa shape index (κ3) is 2.50. The fourth-order valence-electron chi connectivity index (χ4n) is 7.11. The Morgan fingerprint density at radius 3 is 2.71 bits per heavy atom. The number of aryl methyl sites for hydroxylation is 1. The molecule has 3 nitrogen and oxygen atoms in total. The van der Waals surface area contributed by atoms with E-state index < -0.39 is 11.7 Å². The van der Waals surface area contributed by atoms with Crippen LogP contribution in [-0.2, 0) is 6.42 Å². The van der Waals surface area contributed by atoms with Gasteiger partial charge in [-0.1, -0.05) is 18.9 Å². The number of ether oxygens (including phenoxy) is 1. The number of aliphatic hydroxyl groups excluding tert-OH is 1. The number of terminal acetylenes is 1. The van der Waals surface area contributed by atoms with Crippen molar-refractivity contribution in [3.05, 3.63) is 29.3 Å². The molecule has 3 saturated carbocycles. The summed E-state index contributed by atoms with van der Waals surface area (Å²) in [6.07, 6.45) is 14.9. The highest BCUT2D eigenvalue weighted by Crippen LogP contribution is 2.64. The lowest BCUT2D eigenvalue weighted by Crippen LogP contribution is -2.53. The van der Waals surface area contributed by atoms with Gasteiger partial charge in [0.25, 0.3) is 0 Å². The number of fused-ring (bicyclic) bond motifs is 5. The second-order valence-electron chi connectivity index (χ2n) is 9.92. The van der Waals surface area contributed by atoms with E-state index in [1.165, 1.54) is 36.8 Å². The van der Waals surface area contributed by atoms with E-state index in [9.17, 15) is 10.2 Å². The van der Waals surface area contributed by atoms with Crippen molar-refractivity contribution in [2.45, 2.75) is 88.4 Å². The standard InChI is InChI=1S/C25H32O3/c1-3-25(27)23(26)15-22-21-10-8-16-14-18(28-17-6-4-5-7-17)9-11-19(16)20(21)12-13-24(22,25)2/h1,9,11,14,17,20-23,26-27H,4-8,10,12-13,15H2,2H3/t20-,21+,22+,23-,24-,25+/m1/s1. The van der Waals surface area contributed by atoms with E-state index >= 15 is 0 Å². The predicted octanol–water partition coefficient (Wildman–Crippen LogP) is 4.20. The number of rotatable bonds is 2. The summed E-state index contributed by atoms with van der Waals surface area (Å²) in [5, 5.41) is 21.7. The third-order valence-corrected chi connectivity index (χ3v) is 8.74. The maximum Gasteiger partial charge on any atom is 0.156 e. The molecule has 1 aromatic carbocycles. The topological polar surface area (TPSA) is 49.7 Å². The first-order chi connectivity index (χ1) is 13.5. The Morgan fingerprint density at radius 1 is 1.18 bits per heavy atom. The van der Waals surface area contributed by atoms with E-state index in [-0.39, 0.29) is 11.3 Å². The highest BCUT2D eigenvalue weighted by Gasteiger charge is 2.65. The molecular weight excluding hydrogens is 348 g/mol. The molecule has 2 N–H and O–H groups in total. The van der Waals surface area contributed by atoms with Crippen molar-refractivity contribution in [3.63, 3.8) is 0 Å². The van der Waals surface area contributed by atoms with Gasteiger partial charge < -0.3 is 14.9 Å². The lowest BCUT2D eigenvalue weighted by atomic mass is 9.53. The van der Waals surface area contributed by atoms with E-state index in [2.05, 4.69) is 31.0 Å². The molecule has 0 radical (unpaired) electrons. The molecule has 0 saturated heterocycles. The van der Waals surface area contributed by atoms with E-state index in [0.717, 1.165) is 31.4 Å². The zero-order chi connectivity index (χ0) is 19.5. The van der Waals surface area contributed by atoms with E-state index in [0.29, 0.717) is 24.4 Å². The molecule has 6 atom stereocenters. The molecule has 0 amide bonds. The van der Waals surface area contributed by atoms with Gasteiger partial charge in [-0.05, 0) is 98.8 Å². The van der Waals surface area contributed by atoms with Gasteiger partial charge >= 0.3 is 0 Å². The zero-order valence-corrected chi connectivity index (χ0v) is 16.9. The van der Waals surface area contributed by atoms with Crippen LogP contribution in [0.2, 0.25) is 0 Å². The maximum atomic E-state index is 11.1. The van der Waals surface area contributed by atoms with E-state index in [1.54, 1.807) is 0 Å². The van der Waals surface area contributed by atoms with Crippen LogP contribution in [0.1, 0.15) is 75.3 Å². The fourth-order valence-corrected chi connectivity index (χ4v) is 7.11. The van der Waals surface area contributed by atoms with Crippen LogP contribution in [0.5, 0.6) is 5.75 Å². The van der Waals surface area contributed by atoms with Crippen LogP contribution in [0.15, 0.2) is 18.2 Å². The monoisotopic (exact) mass is 380 g/mol. The predicted molar refractivity (Wildman–Crippen MR) is 109 cm³/mol. The molecule has 4 aliphatic carbocycles. The van der Waals surface area contributed by atoms with E-state index in [4.69, 9.17) is 11.2 Å². The number of hydrogen-bond acceptors (Lipinski definition) is 3. The summed E-state index contributed by atoms with van der Waals surface area (Å²) in [6, 6.07) is 6.73. The summed E-state index contributed by atoms with van der Waals surface area (Å²) < 4.78 is 6.23. The number of benzene rings is 1. The van der Waals surface area contributed by atoms with Crippen molar-refractivity contribution in [1.82, 2.24) is 0 Å². The van der Waals surface area contributed by atoms with Gasteiger partial charge in [-0.15, -0.1) is 6.42 Å². The summed E-state index contributed by atoms with van der Waals surface area (Å²) in [6.45, 7) is 2.11. The molecule has 3 fully saturated rings. The Labute approximate surface area is 168 Å². The van der Waals surface area contributed by atoms with Crippen molar-refractivity contribution in [2.75, 3.05) is 0 Å². The lowest BCUT2D eigenvalue weighted by molar-refractivity contribution is -0.101. The Morgan fingerprint density at radius 2 is 1.96 bits per heavy atom. The first kappa shape index (κ1) is 18.5. The van der Waals surface area contributed by atoms with Crippen molar-refractivity contribution < 1.29 is 14.9 Å². The Hall–Kier alpha value is -1.50. The SMILES string of the molecule is C#C[C@]1(O)[C@H](O)C[C@H]2[C@H]3CCc4cc(OC5CCCC5)ccc4[C@H]3CC[C@]21C. The first-order valence-corrected chi connectivity index (χ1v) is 11.1. The van der Waals surface area contributed by atoms with E-state index in [1.807, 2.05) is 0 Å². The molecule has 0 heterocycles. The van der Waals surface area contributed by atoms with Crippen LogP contribution in [0.3, 0.4) is 0 Å². The highest BCUT2D eigenvalue weighted by molar-refractivity contribution is 5.41. The largest absolute Gasteiger partial charge is 0.490 e. The molecule has 0 spiro atoms. The summed E-state index contributed by atoms with van der Waals surface area (Å²) in [5.74, 6) is 4.89. The van der Waals surface area contributed by atoms with Gasteiger partial charge in [-0.25, -0.2) is 0 Å². The minimum atomic E-state index is -1.39. The van der Waals surface area contributed by atoms with Crippen molar-refractivity contribution in [1.29, 1.82) is 0 Å². The Bertz CT molecular complexity index is 805. The van der Waals surface area contributed by atoms with Crippen LogP contribution in [0.25, 0.3) is 0 Å². The zero-order valence-electron chi connectivity index (χ0n) is 16.9. The minimum Gasteiger partial charge on any atom is -0.490 e. The smallest absolute Gasteiger partial charge is 0.156 e. The normalized spacial score (nSPS) is 42.4. The maximum absolute atomic E-state index is 11.1. The summed E-state index contributed by atoms with van der Waals surface area (Å²) in [4.78, 5) is 0. The average Bonchev–Trinajstić information content (AvgIpc) is 3.27. The second kappa shape index (κ2) is 6.51. The van der Waals surface area contributed by atoms with Gasteiger partial charge in [0.05, 0.1) is 12.2 Å². The number of aliphatic hydroxyl groups is 2. The molecule has 5 rings (SSSR count). The van der Waals surface area contributed by atoms with Crippen LogP contribution < -0.4 is 4.74 Å². The Balaban J connectivity index is 1.41. The van der Waals surface area contributed by atoms with Gasteiger partial charge in [-0.3, -0.25) is 0 Å². The van der Waals surface area contributed by atoms with Gasteiger partial charge in [-0.2, -0.15) is 0 Å². The van der Waals surface area contributed by atoms with Crippen molar-refractivity contribution >= 4 is 0 Å². The molecule has 0 aliphatic heterocycles. The lowest BCUT2D eigenvalue weighted by Gasteiger charge is -2.52. The molecule has 0 unspecified atom stereocenters. The van der Waals surface area contributed by atoms with Crippen LogP contribution >= 0.6 is 0 Å². The third-order valence-electron chi connectivity index (χ3n) is 8.74. The molecular formula is C25H32O3. The summed E-state index contributed by atoms with van der Waals surface area (Å²) in [7, 11) is 0. The van der Waals surface area contributed by atoms with Crippen molar-refractivity contribution in [2.24, 2.45) is 17.3 Å². The first-order valence-electron chi connectivity index (χ1n) is 11.1. The fraction of sp³-hybridized carbons (Fsp3) is 0.680. The molecule has 0 bridgehead atoms. The molecule has 0 aromatic heterocycles. The quantitative estimate of drug-likeness (QED) is 0.756. The summed E-state index contributed by atoms with van der Waals surface area (Å²) in [5.41, 5.74) is 1.13. The minimum absolute atomic E-state index is 0.282. The van der Waals surface area contributed by atoms with Gasteiger partial charge in [0.2, 0.25) is 0 Å².